The Balaban J connectivity index is 3.01. The fraction of sp³-hybridized carbons (Fsp3) is 0.222. The summed E-state index contributed by atoms with van der Waals surface area (Å²) in [6.45, 7) is 1.96. The molecule has 0 fully saturated rings. The van der Waals surface area contributed by atoms with Crippen LogP contribution in [0.3, 0.4) is 0 Å². The van der Waals surface area contributed by atoms with Crippen LogP contribution in [-0.2, 0) is 6.42 Å². The second-order valence-electron chi connectivity index (χ2n) is 2.52. The van der Waals surface area contributed by atoms with Gasteiger partial charge in [-0.2, -0.15) is 5.26 Å². The smallest absolute Gasteiger partial charge is 0.0669 e. The molecule has 0 aliphatic carbocycles. The maximum absolute atomic E-state index is 8.43. The third kappa shape index (κ3) is 1.71. The maximum Gasteiger partial charge on any atom is 0.0669 e. The number of hydrogen-bond acceptors (Lipinski definition) is 2. The molecule has 0 saturated heterocycles. The van der Waals surface area contributed by atoms with Crippen LogP contribution in [0.15, 0.2) is 18.2 Å². The normalized spacial score (nSPS) is 9.09. The van der Waals surface area contributed by atoms with Crippen molar-refractivity contribution in [1.29, 1.82) is 5.26 Å². The summed E-state index contributed by atoms with van der Waals surface area (Å²) in [4.78, 5) is 0. The summed E-state index contributed by atoms with van der Waals surface area (Å²) < 4.78 is 0. The van der Waals surface area contributed by atoms with E-state index in [0.29, 0.717) is 6.42 Å². The molecule has 1 aromatic rings. The van der Waals surface area contributed by atoms with Gasteiger partial charge in [-0.3, -0.25) is 0 Å². The van der Waals surface area contributed by atoms with Crippen molar-refractivity contribution in [2.75, 3.05) is 5.73 Å². The summed E-state index contributed by atoms with van der Waals surface area (Å²) in [5.41, 5.74) is 8.44. The zero-order valence-electron chi connectivity index (χ0n) is 6.46. The highest BCUT2D eigenvalue weighted by atomic mass is 14.5. The lowest BCUT2D eigenvalue weighted by Crippen LogP contribution is -1.90. The molecule has 56 valence electrons. The second-order valence-corrected chi connectivity index (χ2v) is 2.52. The number of benzene rings is 1. The van der Waals surface area contributed by atoms with Crippen molar-refractivity contribution in [3.63, 3.8) is 0 Å². The van der Waals surface area contributed by atoms with E-state index in [-0.39, 0.29) is 0 Å². The SMILES string of the molecule is Cc1cc(N)ccc1CC#N. The summed E-state index contributed by atoms with van der Waals surface area (Å²) in [5, 5.41) is 8.43. The lowest BCUT2D eigenvalue weighted by molar-refractivity contribution is 1.21. The first-order chi connectivity index (χ1) is 5.24. The average Bonchev–Trinajstić information content (AvgIpc) is 1.95. The molecule has 1 rings (SSSR count). The third-order valence-corrected chi connectivity index (χ3v) is 1.64. The van der Waals surface area contributed by atoms with Gasteiger partial charge in [0, 0.05) is 5.69 Å². The van der Waals surface area contributed by atoms with Gasteiger partial charge in [0.25, 0.3) is 0 Å². The van der Waals surface area contributed by atoms with Crippen molar-refractivity contribution in [2.45, 2.75) is 13.3 Å². The fourth-order valence-electron chi connectivity index (χ4n) is 1.00. The first kappa shape index (κ1) is 7.62. The van der Waals surface area contributed by atoms with Crippen molar-refractivity contribution < 1.29 is 0 Å². The number of rotatable bonds is 1. The second kappa shape index (κ2) is 3.07. The average molecular weight is 146 g/mol. The first-order valence-electron chi connectivity index (χ1n) is 3.46. The Hall–Kier alpha value is -1.49. The lowest BCUT2D eigenvalue weighted by Gasteiger charge is -2.00. The van der Waals surface area contributed by atoms with E-state index in [9.17, 15) is 0 Å². The zero-order valence-corrected chi connectivity index (χ0v) is 6.46. The molecule has 0 radical (unpaired) electrons. The van der Waals surface area contributed by atoms with Gasteiger partial charge in [-0.25, -0.2) is 0 Å². The van der Waals surface area contributed by atoms with E-state index in [2.05, 4.69) is 6.07 Å². The molecule has 0 unspecified atom stereocenters. The number of nitriles is 1. The van der Waals surface area contributed by atoms with Crippen molar-refractivity contribution in [3.8, 4) is 6.07 Å². The molecule has 0 saturated carbocycles. The lowest BCUT2D eigenvalue weighted by atomic mass is 10.1. The van der Waals surface area contributed by atoms with Gasteiger partial charge in [-0.1, -0.05) is 6.07 Å². The Morgan fingerprint density at radius 1 is 1.55 bits per heavy atom. The molecule has 0 heterocycles. The van der Waals surface area contributed by atoms with E-state index in [4.69, 9.17) is 11.0 Å². The molecule has 11 heavy (non-hydrogen) atoms. The predicted molar refractivity (Wildman–Crippen MR) is 44.9 cm³/mol. The Kier molecular flexibility index (Phi) is 2.12. The van der Waals surface area contributed by atoms with E-state index in [1.807, 2.05) is 25.1 Å². The zero-order chi connectivity index (χ0) is 8.27. The highest BCUT2D eigenvalue weighted by molar-refractivity contribution is 5.44. The van der Waals surface area contributed by atoms with Gasteiger partial charge >= 0.3 is 0 Å². The fourth-order valence-corrected chi connectivity index (χ4v) is 1.00. The van der Waals surface area contributed by atoms with Crippen LogP contribution < -0.4 is 5.73 Å². The molecule has 2 N–H and O–H groups in total. The van der Waals surface area contributed by atoms with E-state index >= 15 is 0 Å². The van der Waals surface area contributed by atoms with Crippen molar-refractivity contribution in [2.24, 2.45) is 0 Å². The summed E-state index contributed by atoms with van der Waals surface area (Å²) >= 11 is 0. The molecule has 2 nitrogen and oxygen atoms in total. The van der Waals surface area contributed by atoms with E-state index < -0.39 is 0 Å². The van der Waals surface area contributed by atoms with Gasteiger partial charge in [0.2, 0.25) is 0 Å². The minimum Gasteiger partial charge on any atom is -0.399 e. The van der Waals surface area contributed by atoms with Crippen LogP contribution in [0.1, 0.15) is 11.1 Å². The Labute approximate surface area is 66.3 Å². The number of nitrogen functional groups attached to an aromatic ring is 1. The summed E-state index contributed by atoms with van der Waals surface area (Å²) in [5.74, 6) is 0. The number of nitrogens with zero attached hydrogens (tertiary/aromatic N) is 1. The Bertz CT molecular complexity index is 297. The molecule has 0 amide bonds. The summed E-state index contributed by atoms with van der Waals surface area (Å²) in [6, 6.07) is 7.70. The number of anilines is 1. The van der Waals surface area contributed by atoms with Gasteiger partial charge in [-0.15, -0.1) is 0 Å². The van der Waals surface area contributed by atoms with Crippen LogP contribution in [0.25, 0.3) is 0 Å². The third-order valence-electron chi connectivity index (χ3n) is 1.64. The van der Waals surface area contributed by atoms with Crippen molar-refractivity contribution in [1.82, 2.24) is 0 Å². The minimum atomic E-state index is 0.464. The van der Waals surface area contributed by atoms with Gasteiger partial charge < -0.3 is 5.73 Å². The molecule has 1 aromatic carbocycles. The Morgan fingerprint density at radius 2 is 2.27 bits per heavy atom. The van der Waals surface area contributed by atoms with E-state index in [0.717, 1.165) is 16.8 Å². The number of aryl methyl sites for hydroxylation is 1. The molecule has 0 bridgehead atoms. The molecular formula is C9H10N2. The maximum atomic E-state index is 8.43. The molecule has 0 aliphatic rings. The first-order valence-corrected chi connectivity index (χ1v) is 3.46. The van der Waals surface area contributed by atoms with E-state index in [1.165, 1.54) is 0 Å². The monoisotopic (exact) mass is 146 g/mol. The van der Waals surface area contributed by atoms with Crippen molar-refractivity contribution in [3.05, 3.63) is 29.3 Å². The largest absolute Gasteiger partial charge is 0.399 e. The molecule has 0 spiro atoms. The predicted octanol–water partition coefficient (Wildman–Crippen LogP) is 1.64. The Morgan fingerprint density at radius 3 is 2.82 bits per heavy atom. The van der Waals surface area contributed by atoms with Crippen LogP contribution >= 0.6 is 0 Å². The number of hydrogen-bond donors (Lipinski definition) is 1. The van der Waals surface area contributed by atoms with Gasteiger partial charge in [0.15, 0.2) is 0 Å². The van der Waals surface area contributed by atoms with E-state index in [1.54, 1.807) is 0 Å². The van der Waals surface area contributed by atoms with Crippen LogP contribution in [0.4, 0.5) is 5.69 Å². The minimum absolute atomic E-state index is 0.464. The van der Waals surface area contributed by atoms with Gasteiger partial charge in [0.1, 0.15) is 0 Å². The molecule has 0 atom stereocenters. The van der Waals surface area contributed by atoms with Crippen LogP contribution in [0.2, 0.25) is 0 Å². The number of nitrogens with two attached hydrogens (primary N) is 1. The molecule has 0 aromatic heterocycles. The molecule has 0 aliphatic heterocycles. The van der Waals surface area contributed by atoms with Gasteiger partial charge in [-0.05, 0) is 30.2 Å². The van der Waals surface area contributed by atoms with Gasteiger partial charge in [0.05, 0.1) is 12.5 Å². The highest BCUT2D eigenvalue weighted by Crippen LogP contribution is 2.12. The quantitative estimate of drug-likeness (QED) is 0.612. The van der Waals surface area contributed by atoms with Crippen LogP contribution in [0.5, 0.6) is 0 Å². The molecular weight excluding hydrogens is 136 g/mol. The standard InChI is InChI=1S/C9H10N2/c1-7-6-9(11)3-2-8(7)4-5-10/h2-3,6H,4,11H2,1H3. The topological polar surface area (TPSA) is 49.8 Å². The van der Waals surface area contributed by atoms with Crippen LogP contribution in [0, 0.1) is 18.3 Å². The van der Waals surface area contributed by atoms with Crippen LogP contribution in [-0.4, -0.2) is 0 Å². The van der Waals surface area contributed by atoms with Crippen molar-refractivity contribution >= 4 is 5.69 Å². The summed E-state index contributed by atoms with van der Waals surface area (Å²) in [7, 11) is 0. The summed E-state index contributed by atoms with van der Waals surface area (Å²) in [6.07, 6.45) is 0.464. The molecule has 2 heteroatoms. The highest BCUT2D eigenvalue weighted by Gasteiger charge is 1.96.